The number of nitrogens with zero attached hydrogens (tertiary/aromatic N) is 2. The first-order valence-corrected chi connectivity index (χ1v) is 7.88. The Morgan fingerprint density at radius 2 is 1.91 bits per heavy atom. The summed E-state index contributed by atoms with van der Waals surface area (Å²) in [5.74, 6) is 0.293. The van der Waals surface area contributed by atoms with E-state index in [-0.39, 0.29) is 12.1 Å². The third-order valence-corrected chi connectivity index (χ3v) is 3.66. The smallest absolute Gasteiger partial charge is 0.191 e. The third kappa shape index (κ3) is 6.95. The van der Waals surface area contributed by atoms with Crippen molar-refractivity contribution >= 4 is 5.96 Å². The van der Waals surface area contributed by atoms with E-state index in [0.29, 0.717) is 17.9 Å². The second-order valence-electron chi connectivity index (χ2n) is 6.29. The maximum atomic E-state index is 13.6. The molecular formula is C17H28F2N4. The number of guanidine groups is 1. The van der Waals surface area contributed by atoms with Crippen molar-refractivity contribution in [3.05, 3.63) is 35.4 Å². The highest BCUT2D eigenvalue weighted by molar-refractivity contribution is 5.79. The second-order valence-corrected chi connectivity index (χ2v) is 6.29. The summed E-state index contributed by atoms with van der Waals surface area (Å²) >= 11 is 0. The molecule has 0 amide bonds. The van der Waals surface area contributed by atoms with E-state index in [4.69, 9.17) is 0 Å². The molecular weight excluding hydrogens is 298 g/mol. The Morgan fingerprint density at radius 1 is 1.22 bits per heavy atom. The van der Waals surface area contributed by atoms with Crippen molar-refractivity contribution < 1.29 is 8.78 Å². The van der Waals surface area contributed by atoms with Gasteiger partial charge in [0.2, 0.25) is 0 Å². The SMILES string of the molecule is CN=C(NCc1cc(F)ccc1F)NCC(CC(C)C)N(C)C. The number of benzene rings is 1. The number of likely N-dealkylation sites (N-methyl/N-ethyl adjacent to an activating group) is 1. The average Bonchev–Trinajstić information content (AvgIpc) is 2.48. The molecule has 1 atom stereocenters. The lowest BCUT2D eigenvalue weighted by Crippen LogP contribution is -2.45. The van der Waals surface area contributed by atoms with Gasteiger partial charge in [-0.1, -0.05) is 13.8 Å². The number of halogens is 2. The van der Waals surface area contributed by atoms with Gasteiger partial charge in [-0.05, 0) is 44.6 Å². The van der Waals surface area contributed by atoms with Gasteiger partial charge in [0.15, 0.2) is 5.96 Å². The Hall–Kier alpha value is -1.69. The zero-order valence-corrected chi connectivity index (χ0v) is 14.7. The topological polar surface area (TPSA) is 39.7 Å². The van der Waals surface area contributed by atoms with Crippen LogP contribution in [0.15, 0.2) is 23.2 Å². The van der Waals surface area contributed by atoms with Crippen LogP contribution in [0.3, 0.4) is 0 Å². The van der Waals surface area contributed by atoms with Crippen molar-refractivity contribution in [2.45, 2.75) is 32.9 Å². The molecule has 0 heterocycles. The number of rotatable bonds is 7. The van der Waals surface area contributed by atoms with Crippen LogP contribution in [-0.4, -0.2) is 44.6 Å². The van der Waals surface area contributed by atoms with Gasteiger partial charge in [-0.25, -0.2) is 8.78 Å². The fourth-order valence-corrected chi connectivity index (χ4v) is 2.31. The van der Waals surface area contributed by atoms with Crippen molar-refractivity contribution in [1.29, 1.82) is 0 Å². The lowest BCUT2D eigenvalue weighted by molar-refractivity contribution is 0.254. The number of hydrogen-bond donors (Lipinski definition) is 2. The van der Waals surface area contributed by atoms with Crippen LogP contribution in [0, 0.1) is 17.6 Å². The first kappa shape index (κ1) is 19.4. The van der Waals surface area contributed by atoms with Gasteiger partial charge in [-0.2, -0.15) is 0 Å². The van der Waals surface area contributed by atoms with Gasteiger partial charge >= 0.3 is 0 Å². The van der Waals surface area contributed by atoms with Gasteiger partial charge in [0.25, 0.3) is 0 Å². The molecule has 1 rings (SSSR count). The third-order valence-electron chi connectivity index (χ3n) is 3.66. The zero-order chi connectivity index (χ0) is 17.4. The summed E-state index contributed by atoms with van der Waals surface area (Å²) in [5.41, 5.74) is 0.277. The quantitative estimate of drug-likeness (QED) is 0.598. The molecule has 130 valence electrons. The zero-order valence-electron chi connectivity index (χ0n) is 14.7. The summed E-state index contributed by atoms with van der Waals surface area (Å²) in [4.78, 5) is 6.30. The number of hydrogen-bond acceptors (Lipinski definition) is 2. The molecule has 1 unspecified atom stereocenters. The lowest BCUT2D eigenvalue weighted by atomic mass is 10.0. The van der Waals surface area contributed by atoms with Crippen LogP contribution in [-0.2, 0) is 6.54 Å². The number of nitrogens with one attached hydrogen (secondary N) is 2. The minimum Gasteiger partial charge on any atom is -0.355 e. The molecule has 0 aliphatic carbocycles. The molecule has 0 bridgehead atoms. The Bertz CT molecular complexity index is 515. The highest BCUT2D eigenvalue weighted by Crippen LogP contribution is 2.10. The van der Waals surface area contributed by atoms with E-state index in [1.165, 1.54) is 6.07 Å². The van der Waals surface area contributed by atoms with E-state index in [1.54, 1.807) is 7.05 Å². The van der Waals surface area contributed by atoms with Crippen LogP contribution in [0.25, 0.3) is 0 Å². The largest absolute Gasteiger partial charge is 0.355 e. The van der Waals surface area contributed by atoms with Gasteiger partial charge < -0.3 is 15.5 Å². The molecule has 0 aromatic heterocycles. The summed E-state index contributed by atoms with van der Waals surface area (Å²) in [6.45, 7) is 5.29. The monoisotopic (exact) mass is 326 g/mol. The first-order valence-electron chi connectivity index (χ1n) is 7.88. The van der Waals surface area contributed by atoms with Crippen LogP contribution in [0.4, 0.5) is 8.78 Å². The van der Waals surface area contributed by atoms with Gasteiger partial charge in [-0.15, -0.1) is 0 Å². The van der Waals surface area contributed by atoms with Crippen molar-refractivity contribution in [2.24, 2.45) is 10.9 Å². The fraction of sp³-hybridized carbons (Fsp3) is 0.588. The molecule has 0 fully saturated rings. The van der Waals surface area contributed by atoms with E-state index in [0.717, 1.165) is 25.1 Å². The van der Waals surface area contributed by atoms with Gasteiger partial charge in [-0.3, -0.25) is 4.99 Å². The van der Waals surface area contributed by atoms with Crippen LogP contribution in [0.5, 0.6) is 0 Å². The van der Waals surface area contributed by atoms with Crippen LogP contribution >= 0.6 is 0 Å². The second kappa shape index (κ2) is 9.45. The predicted octanol–water partition coefficient (Wildman–Crippen LogP) is 2.61. The fourth-order valence-electron chi connectivity index (χ4n) is 2.31. The van der Waals surface area contributed by atoms with Crippen molar-refractivity contribution in [3.63, 3.8) is 0 Å². The molecule has 0 spiro atoms. The van der Waals surface area contributed by atoms with Gasteiger partial charge in [0.05, 0.1) is 0 Å². The van der Waals surface area contributed by atoms with Crippen LogP contribution < -0.4 is 10.6 Å². The highest BCUT2D eigenvalue weighted by atomic mass is 19.1. The Morgan fingerprint density at radius 3 is 2.48 bits per heavy atom. The molecule has 0 saturated carbocycles. The predicted molar refractivity (Wildman–Crippen MR) is 91.5 cm³/mol. The molecule has 0 aliphatic heterocycles. The summed E-state index contributed by atoms with van der Waals surface area (Å²) in [6.07, 6.45) is 1.06. The molecule has 0 aliphatic rings. The van der Waals surface area contributed by atoms with Gasteiger partial charge in [0.1, 0.15) is 11.6 Å². The minimum absolute atomic E-state index is 0.181. The summed E-state index contributed by atoms with van der Waals surface area (Å²) in [6, 6.07) is 3.81. The molecule has 0 radical (unpaired) electrons. The molecule has 4 nitrogen and oxygen atoms in total. The van der Waals surface area contributed by atoms with Crippen LogP contribution in [0.2, 0.25) is 0 Å². The van der Waals surface area contributed by atoms with E-state index in [9.17, 15) is 8.78 Å². The maximum Gasteiger partial charge on any atom is 0.191 e. The Labute approximate surface area is 138 Å². The van der Waals surface area contributed by atoms with E-state index < -0.39 is 11.6 Å². The summed E-state index contributed by atoms with van der Waals surface area (Å²) in [7, 11) is 5.75. The first-order chi connectivity index (χ1) is 10.8. The van der Waals surface area contributed by atoms with Gasteiger partial charge in [0, 0.05) is 31.7 Å². The standard InChI is InChI=1S/C17H28F2N4/c1-12(2)8-15(23(4)5)11-22-17(20-3)21-10-13-9-14(18)6-7-16(13)19/h6-7,9,12,15H,8,10-11H2,1-5H3,(H2,20,21,22). The Balaban J connectivity index is 2.56. The maximum absolute atomic E-state index is 13.6. The molecule has 23 heavy (non-hydrogen) atoms. The van der Waals surface area contributed by atoms with E-state index >= 15 is 0 Å². The van der Waals surface area contributed by atoms with Crippen molar-refractivity contribution in [3.8, 4) is 0 Å². The minimum atomic E-state index is -0.448. The van der Waals surface area contributed by atoms with E-state index in [1.807, 2.05) is 14.1 Å². The van der Waals surface area contributed by atoms with Crippen molar-refractivity contribution in [1.82, 2.24) is 15.5 Å². The highest BCUT2D eigenvalue weighted by Gasteiger charge is 2.14. The molecule has 6 heteroatoms. The molecule has 0 saturated heterocycles. The van der Waals surface area contributed by atoms with Crippen LogP contribution in [0.1, 0.15) is 25.8 Å². The molecule has 1 aromatic rings. The summed E-state index contributed by atoms with van der Waals surface area (Å²) in [5, 5.41) is 6.26. The van der Waals surface area contributed by atoms with Crippen molar-refractivity contribution in [2.75, 3.05) is 27.7 Å². The lowest BCUT2D eigenvalue weighted by Gasteiger charge is -2.27. The van der Waals surface area contributed by atoms with E-state index in [2.05, 4.69) is 34.4 Å². The number of aliphatic imine (C=N–C) groups is 1. The average molecular weight is 326 g/mol. The molecule has 2 N–H and O–H groups in total. The molecule has 1 aromatic carbocycles. The Kier molecular flexibility index (Phi) is 7.95. The summed E-state index contributed by atoms with van der Waals surface area (Å²) < 4.78 is 26.8. The normalized spacial score (nSPS) is 13.5.